The van der Waals surface area contributed by atoms with Gasteiger partial charge in [0, 0.05) is 11.8 Å². The van der Waals surface area contributed by atoms with Gasteiger partial charge in [0.05, 0.1) is 0 Å². The minimum Gasteiger partial charge on any atom is -0.372 e. The van der Waals surface area contributed by atoms with Gasteiger partial charge in [-0.15, -0.1) is 0 Å². The zero-order chi connectivity index (χ0) is 13.0. The van der Waals surface area contributed by atoms with Gasteiger partial charge in [0.25, 0.3) is 10.1 Å². The van der Waals surface area contributed by atoms with Crippen LogP contribution in [0.15, 0.2) is 24.3 Å². The van der Waals surface area contributed by atoms with Crippen LogP contribution in [0.5, 0.6) is 0 Å². The van der Waals surface area contributed by atoms with Crippen molar-refractivity contribution < 1.29 is 18.1 Å². The second-order valence-corrected chi connectivity index (χ2v) is 6.98. The van der Waals surface area contributed by atoms with Crippen LogP contribution in [0.25, 0.3) is 0 Å². The van der Waals surface area contributed by atoms with E-state index in [1.54, 1.807) is 0 Å². The number of rotatable bonds is 1. The van der Waals surface area contributed by atoms with Gasteiger partial charge in [-0.1, -0.05) is 24.3 Å². The normalized spacial score (nSPS) is 35.0. The lowest BCUT2D eigenvalue weighted by Gasteiger charge is -2.30. The molecule has 1 fully saturated rings. The van der Waals surface area contributed by atoms with Gasteiger partial charge >= 0.3 is 0 Å². The van der Waals surface area contributed by atoms with Crippen molar-refractivity contribution >= 4 is 10.1 Å². The summed E-state index contributed by atoms with van der Waals surface area (Å²) in [4.78, 5) is -1.97. The molecule has 4 nitrogen and oxygen atoms in total. The van der Waals surface area contributed by atoms with E-state index < -0.39 is 26.9 Å². The van der Waals surface area contributed by atoms with Crippen molar-refractivity contribution in [3.8, 4) is 0 Å². The first-order valence-corrected chi connectivity index (χ1v) is 7.63. The Kier molecular flexibility index (Phi) is 2.56. The lowest BCUT2D eigenvalue weighted by Crippen LogP contribution is -2.47. The van der Waals surface area contributed by atoms with E-state index in [1.165, 1.54) is 0 Å². The minimum atomic E-state index is -4.45. The van der Waals surface area contributed by atoms with Gasteiger partial charge in [0.1, 0.15) is 0 Å². The van der Waals surface area contributed by atoms with Crippen molar-refractivity contribution in [2.75, 3.05) is 0 Å². The average molecular weight is 268 g/mol. The summed E-state index contributed by atoms with van der Waals surface area (Å²) in [7, 11) is -4.45. The molecule has 18 heavy (non-hydrogen) atoms. The maximum absolute atomic E-state index is 11.6. The average Bonchev–Trinajstić information content (AvgIpc) is 2.52. The second kappa shape index (κ2) is 3.79. The van der Waals surface area contributed by atoms with Gasteiger partial charge in [-0.25, -0.2) is 0 Å². The molecule has 0 spiro atoms. The molecule has 0 heterocycles. The Morgan fingerprint density at radius 3 is 1.89 bits per heavy atom. The van der Waals surface area contributed by atoms with Gasteiger partial charge < -0.3 is 5.11 Å². The largest absolute Gasteiger partial charge is 0.372 e. The van der Waals surface area contributed by atoms with Crippen molar-refractivity contribution in [3.63, 3.8) is 0 Å². The monoisotopic (exact) mass is 268 g/mol. The third kappa shape index (κ3) is 1.54. The maximum Gasteiger partial charge on any atom is 0.295 e. The number of hydrogen-bond donors (Lipinski definition) is 2. The fourth-order valence-electron chi connectivity index (χ4n) is 3.55. The van der Waals surface area contributed by atoms with Gasteiger partial charge in [-0.05, 0) is 36.8 Å². The van der Waals surface area contributed by atoms with Crippen LogP contribution < -0.4 is 0 Å². The highest BCUT2D eigenvalue weighted by Crippen LogP contribution is 2.49. The molecular formula is C13H16O4S. The minimum absolute atomic E-state index is 0.402. The Bertz CT molecular complexity index is 545. The maximum atomic E-state index is 11.6. The molecule has 0 aromatic heterocycles. The van der Waals surface area contributed by atoms with E-state index >= 15 is 0 Å². The van der Waals surface area contributed by atoms with Crippen molar-refractivity contribution in [1.82, 2.24) is 0 Å². The van der Waals surface area contributed by atoms with Crippen molar-refractivity contribution in [2.45, 2.75) is 30.6 Å². The fraction of sp³-hybridized carbons (Fsp3) is 0.538. The first kappa shape index (κ1) is 12.1. The van der Waals surface area contributed by atoms with Crippen LogP contribution in [0.2, 0.25) is 0 Å². The Hall–Kier alpha value is -0.910. The summed E-state index contributed by atoms with van der Waals surface area (Å²) in [6.45, 7) is 0. The number of benzene rings is 1. The zero-order valence-corrected chi connectivity index (χ0v) is 10.7. The van der Waals surface area contributed by atoms with E-state index in [0.29, 0.717) is 25.7 Å². The zero-order valence-electron chi connectivity index (χ0n) is 9.91. The molecule has 2 aliphatic rings. The first-order valence-electron chi connectivity index (χ1n) is 6.19. The SMILES string of the molecule is O=S(=O)(O)C1(O)C2CCC1Cc1ccccc1C2. The molecule has 1 saturated carbocycles. The summed E-state index contributed by atoms with van der Waals surface area (Å²) in [5.74, 6) is -0.803. The van der Waals surface area contributed by atoms with Gasteiger partial charge in [0.15, 0.2) is 4.93 Å². The molecule has 2 N–H and O–H groups in total. The molecule has 2 atom stereocenters. The van der Waals surface area contributed by atoms with Crippen molar-refractivity contribution in [1.29, 1.82) is 0 Å². The predicted molar refractivity (Wildman–Crippen MR) is 66.6 cm³/mol. The van der Waals surface area contributed by atoms with E-state index in [2.05, 4.69) is 0 Å². The summed E-state index contributed by atoms with van der Waals surface area (Å²) in [6.07, 6.45) is 2.33. The molecule has 5 heteroatoms. The molecule has 3 rings (SSSR count). The highest BCUT2D eigenvalue weighted by Gasteiger charge is 2.58. The van der Waals surface area contributed by atoms with Crippen LogP contribution in [-0.4, -0.2) is 23.0 Å². The molecular weight excluding hydrogens is 252 g/mol. The van der Waals surface area contributed by atoms with Crippen molar-refractivity contribution in [2.24, 2.45) is 11.8 Å². The summed E-state index contributed by atoms with van der Waals surface area (Å²) >= 11 is 0. The van der Waals surface area contributed by atoms with Crippen LogP contribution in [0.4, 0.5) is 0 Å². The van der Waals surface area contributed by atoms with E-state index in [1.807, 2.05) is 24.3 Å². The van der Waals surface area contributed by atoms with Gasteiger partial charge in [-0.3, -0.25) is 4.55 Å². The Balaban J connectivity index is 2.11. The topological polar surface area (TPSA) is 74.6 Å². The molecule has 0 aliphatic heterocycles. The highest BCUT2D eigenvalue weighted by atomic mass is 32.2. The van der Waals surface area contributed by atoms with Gasteiger partial charge in [0.2, 0.25) is 0 Å². The summed E-state index contributed by atoms with van der Waals surface area (Å²) in [5, 5.41) is 10.5. The summed E-state index contributed by atoms with van der Waals surface area (Å²) in [6, 6.07) is 7.79. The summed E-state index contributed by atoms with van der Waals surface area (Å²) in [5.41, 5.74) is 2.18. The Morgan fingerprint density at radius 1 is 1.06 bits per heavy atom. The molecule has 0 saturated heterocycles. The van der Waals surface area contributed by atoms with E-state index in [9.17, 15) is 18.1 Å². The van der Waals surface area contributed by atoms with E-state index in [0.717, 1.165) is 11.1 Å². The molecule has 1 aromatic carbocycles. The highest BCUT2D eigenvalue weighted by molar-refractivity contribution is 7.87. The van der Waals surface area contributed by atoms with Gasteiger partial charge in [-0.2, -0.15) is 8.42 Å². The summed E-state index contributed by atoms with van der Waals surface area (Å²) < 4.78 is 32.6. The molecule has 1 aromatic rings. The van der Waals surface area contributed by atoms with E-state index in [-0.39, 0.29) is 0 Å². The number of aliphatic hydroxyl groups is 1. The van der Waals surface area contributed by atoms with Crippen LogP contribution >= 0.6 is 0 Å². The van der Waals surface area contributed by atoms with Crippen LogP contribution in [0.3, 0.4) is 0 Å². The Labute approximate surface area is 106 Å². The number of hydrogen-bond acceptors (Lipinski definition) is 3. The molecule has 2 aliphatic carbocycles. The lowest BCUT2D eigenvalue weighted by atomic mass is 9.94. The molecule has 0 amide bonds. The number of fused-ring (bicyclic) bond motifs is 3. The lowest BCUT2D eigenvalue weighted by molar-refractivity contribution is 0.0382. The van der Waals surface area contributed by atoms with Crippen LogP contribution in [0.1, 0.15) is 24.0 Å². The Morgan fingerprint density at radius 2 is 1.50 bits per heavy atom. The molecule has 2 bridgehead atoms. The van der Waals surface area contributed by atoms with Crippen LogP contribution in [0, 0.1) is 11.8 Å². The second-order valence-electron chi connectivity index (χ2n) is 5.38. The van der Waals surface area contributed by atoms with Crippen molar-refractivity contribution in [3.05, 3.63) is 35.4 Å². The molecule has 98 valence electrons. The van der Waals surface area contributed by atoms with Crippen LogP contribution in [-0.2, 0) is 23.0 Å². The van der Waals surface area contributed by atoms with E-state index in [4.69, 9.17) is 0 Å². The smallest absolute Gasteiger partial charge is 0.295 e. The fourth-order valence-corrected chi connectivity index (χ4v) is 4.80. The molecule has 2 unspecified atom stereocenters. The standard InChI is InChI=1S/C13H16O4S/c14-13(18(15,16)17)11-5-6-12(13)8-10-4-2-1-3-9(10)7-11/h1-4,11-12,14H,5-8H2,(H,15,16,17). The third-order valence-corrected chi connectivity index (χ3v) is 5.99. The third-order valence-electron chi connectivity index (χ3n) is 4.50. The molecule has 0 radical (unpaired) electrons. The predicted octanol–water partition coefficient (Wildman–Crippen LogP) is 1.39. The first-order chi connectivity index (χ1) is 8.43. The quantitative estimate of drug-likeness (QED) is 0.755.